The van der Waals surface area contributed by atoms with Crippen LogP contribution in [0, 0.1) is 5.92 Å². The van der Waals surface area contributed by atoms with E-state index in [0.717, 1.165) is 6.42 Å². The molecule has 1 aromatic heterocycles. The van der Waals surface area contributed by atoms with Crippen LogP contribution >= 0.6 is 11.6 Å². The normalized spacial score (nSPS) is 19.9. The predicted octanol–water partition coefficient (Wildman–Crippen LogP) is 5.15. The minimum Gasteiger partial charge on any atom is -0.477 e. The molecule has 6 heteroatoms. The van der Waals surface area contributed by atoms with Crippen LogP contribution in [0.4, 0.5) is 4.79 Å². The number of aromatic nitrogens is 1. The lowest BCUT2D eigenvalue weighted by atomic mass is 9.81. The molecule has 2 atom stereocenters. The number of likely N-dealkylation sites (tertiary alicyclic amines) is 1. The first-order valence-electron chi connectivity index (χ1n) is 9.59. The quantitative estimate of drug-likeness (QED) is 0.709. The Kier molecular flexibility index (Phi) is 6.45. The number of benzene rings is 1. The van der Waals surface area contributed by atoms with Crippen LogP contribution in [0.5, 0.6) is 5.88 Å². The third kappa shape index (κ3) is 5.61. The van der Waals surface area contributed by atoms with Crippen LogP contribution in [0.15, 0.2) is 48.7 Å². The molecule has 1 aromatic carbocycles. The molecule has 0 aliphatic carbocycles. The van der Waals surface area contributed by atoms with Gasteiger partial charge in [0, 0.05) is 37.2 Å². The lowest BCUT2D eigenvalue weighted by molar-refractivity contribution is 0.0129. The summed E-state index contributed by atoms with van der Waals surface area (Å²) in [6.45, 7) is 7.47. The Morgan fingerprint density at radius 3 is 2.61 bits per heavy atom. The summed E-state index contributed by atoms with van der Waals surface area (Å²) < 4.78 is 11.5. The zero-order valence-corrected chi connectivity index (χ0v) is 17.4. The molecule has 1 aliphatic rings. The fourth-order valence-corrected chi connectivity index (χ4v) is 3.52. The van der Waals surface area contributed by atoms with Gasteiger partial charge in [-0.15, -0.1) is 0 Å². The number of halogens is 1. The SMILES string of the molecule is CC(C)(C)OC(=O)N1CC[C@@H](COc2ccc(Cl)cn2)[C@H](c2ccccc2)C1. The van der Waals surface area contributed by atoms with Gasteiger partial charge in [-0.3, -0.25) is 0 Å². The highest BCUT2D eigenvalue weighted by atomic mass is 35.5. The molecule has 1 fully saturated rings. The van der Waals surface area contributed by atoms with E-state index in [1.807, 2.05) is 39.0 Å². The molecule has 2 heterocycles. The molecule has 5 nitrogen and oxygen atoms in total. The van der Waals surface area contributed by atoms with Crippen molar-refractivity contribution in [2.24, 2.45) is 5.92 Å². The van der Waals surface area contributed by atoms with E-state index in [0.29, 0.717) is 30.6 Å². The van der Waals surface area contributed by atoms with Gasteiger partial charge in [0.2, 0.25) is 5.88 Å². The highest BCUT2D eigenvalue weighted by Crippen LogP contribution is 2.33. The lowest BCUT2D eigenvalue weighted by Crippen LogP contribution is -2.46. The topological polar surface area (TPSA) is 51.7 Å². The van der Waals surface area contributed by atoms with Gasteiger partial charge in [-0.25, -0.2) is 9.78 Å². The van der Waals surface area contributed by atoms with E-state index in [4.69, 9.17) is 21.1 Å². The van der Waals surface area contributed by atoms with E-state index >= 15 is 0 Å². The van der Waals surface area contributed by atoms with Gasteiger partial charge in [-0.05, 0) is 38.8 Å². The molecule has 3 rings (SSSR count). The maximum atomic E-state index is 12.6. The average Bonchev–Trinajstić information content (AvgIpc) is 2.67. The minimum absolute atomic E-state index is 0.176. The van der Waals surface area contributed by atoms with Crippen molar-refractivity contribution in [2.45, 2.75) is 38.7 Å². The van der Waals surface area contributed by atoms with Gasteiger partial charge in [0.1, 0.15) is 5.60 Å². The summed E-state index contributed by atoms with van der Waals surface area (Å²) in [5, 5.41) is 0.584. The monoisotopic (exact) mass is 402 g/mol. The molecular weight excluding hydrogens is 376 g/mol. The Bertz CT molecular complexity index is 775. The zero-order chi connectivity index (χ0) is 20.1. The van der Waals surface area contributed by atoms with Crippen molar-refractivity contribution < 1.29 is 14.3 Å². The van der Waals surface area contributed by atoms with Crippen molar-refractivity contribution in [3.05, 3.63) is 59.2 Å². The van der Waals surface area contributed by atoms with Crippen LogP contribution in [0.2, 0.25) is 5.02 Å². The summed E-state index contributed by atoms with van der Waals surface area (Å²) in [7, 11) is 0. The van der Waals surface area contributed by atoms with Crippen LogP contribution in [-0.2, 0) is 4.74 Å². The number of ether oxygens (including phenoxy) is 2. The molecule has 1 amide bonds. The number of hydrogen-bond donors (Lipinski definition) is 0. The molecule has 0 radical (unpaired) electrons. The second-order valence-electron chi connectivity index (χ2n) is 8.12. The molecule has 0 spiro atoms. The summed E-state index contributed by atoms with van der Waals surface area (Å²) in [6, 6.07) is 13.8. The van der Waals surface area contributed by atoms with E-state index in [1.165, 1.54) is 5.56 Å². The number of hydrogen-bond acceptors (Lipinski definition) is 4. The molecule has 0 N–H and O–H groups in total. The summed E-state index contributed by atoms with van der Waals surface area (Å²) in [4.78, 5) is 18.6. The molecule has 1 saturated heterocycles. The Labute approximate surface area is 171 Å². The van der Waals surface area contributed by atoms with Crippen LogP contribution in [0.25, 0.3) is 0 Å². The van der Waals surface area contributed by atoms with Gasteiger partial charge < -0.3 is 14.4 Å². The minimum atomic E-state index is -0.500. The van der Waals surface area contributed by atoms with Crippen LogP contribution in [0.1, 0.15) is 38.7 Å². The Morgan fingerprint density at radius 1 is 1.21 bits per heavy atom. The predicted molar refractivity (Wildman–Crippen MR) is 110 cm³/mol. The van der Waals surface area contributed by atoms with Crippen molar-refractivity contribution >= 4 is 17.7 Å². The Morgan fingerprint density at radius 2 is 1.96 bits per heavy atom. The van der Waals surface area contributed by atoms with E-state index in [-0.39, 0.29) is 17.9 Å². The average molecular weight is 403 g/mol. The second kappa shape index (κ2) is 8.82. The van der Waals surface area contributed by atoms with Gasteiger partial charge in [0.05, 0.1) is 11.6 Å². The van der Waals surface area contributed by atoms with E-state index in [9.17, 15) is 4.79 Å². The van der Waals surface area contributed by atoms with Crippen molar-refractivity contribution in [3.63, 3.8) is 0 Å². The van der Waals surface area contributed by atoms with Crippen molar-refractivity contribution in [3.8, 4) is 5.88 Å². The fraction of sp³-hybridized carbons (Fsp3) is 0.455. The molecule has 1 aliphatic heterocycles. The number of amides is 1. The Balaban J connectivity index is 1.71. The second-order valence-corrected chi connectivity index (χ2v) is 8.55. The highest BCUT2D eigenvalue weighted by Gasteiger charge is 2.34. The molecule has 28 heavy (non-hydrogen) atoms. The first-order chi connectivity index (χ1) is 13.3. The van der Waals surface area contributed by atoms with Gasteiger partial charge in [0.25, 0.3) is 0 Å². The van der Waals surface area contributed by atoms with Crippen molar-refractivity contribution in [1.29, 1.82) is 0 Å². The van der Waals surface area contributed by atoms with Crippen molar-refractivity contribution in [1.82, 2.24) is 9.88 Å². The van der Waals surface area contributed by atoms with Crippen LogP contribution in [-0.4, -0.2) is 41.3 Å². The molecule has 0 bridgehead atoms. The van der Waals surface area contributed by atoms with E-state index in [1.54, 1.807) is 23.2 Å². The third-order valence-corrected chi connectivity index (χ3v) is 5.00. The first-order valence-corrected chi connectivity index (χ1v) is 9.97. The fourth-order valence-electron chi connectivity index (χ4n) is 3.41. The highest BCUT2D eigenvalue weighted by molar-refractivity contribution is 6.30. The summed E-state index contributed by atoms with van der Waals surface area (Å²) in [5.41, 5.74) is 0.702. The summed E-state index contributed by atoms with van der Waals surface area (Å²) >= 11 is 5.89. The van der Waals surface area contributed by atoms with Crippen LogP contribution in [0.3, 0.4) is 0 Å². The number of nitrogens with zero attached hydrogens (tertiary/aromatic N) is 2. The maximum Gasteiger partial charge on any atom is 0.410 e. The third-order valence-electron chi connectivity index (χ3n) is 4.78. The summed E-state index contributed by atoms with van der Waals surface area (Å²) in [6.07, 6.45) is 2.16. The molecule has 0 unspecified atom stereocenters. The Hall–Kier alpha value is -2.27. The van der Waals surface area contributed by atoms with Crippen LogP contribution < -0.4 is 4.74 Å². The summed E-state index contributed by atoms with van der Waals surface area (Å²) in [5.74, 6) is 1.01. The number of rotatable bonds is 4. The van der Waals surface area contributed by atoms with E-state index < -0.39 is 5.60 Å². The first kappa shape index (κ1) is 20.5. The molecule has 2 aromatic rings. The van der Waals surface area contributed by atoms with Gasteiger partial charge in [-0.2, -0.15) is 0 Å². The van der Waals surface area contributed by atoms with Gasteiger partial charge in [0.15, 0.2) is 0 Å². The number of carbonyl (C=O) groups excluding carboxylic acids is 1. The standard InChI is InChI=1S/C22H27ClN2O3/c1-22(2,3)28-21(26)25-12-11-17(15-27-20-10-9-18(23)13-24-20)19(14-25)16-7-5-4-6-8-16/h4-10,13,17,19H,11-12,14-15H2,1-3H3/t17-,19-/m0/s1. The molecule has 0 saturated carbocycles. The largest absolute Gasteiger partial charge is 0.477 e. The van der Waals surface area contributed by atoms with Gasteiger partial charge >= 0.3 is 6.09 Å². The lowest BCUT2D eigenvalue weighted by Gasteiger charge is -2.39. The number of carbonyl (C=O) groups is 1. The number of pyridine rings is 1. The number of piperidine rings is 1. The smallest absolute Gasteiger partial charge is 0.410 e. The van der Waals surface area contributed by atoms with E-state index in [2.05, 4.69) is 17.1 Å². The van der Waals surface area contributed by atoms with Crippen molar-refractivity contribution in [2.75, 3.05) is 19.7 Å². The maximum absolute atomic E-state index is 12.6. The van der Waals surface area contributed by atoms with Gasteiger partial charge in [-0.1, -0.05) is 41.9 Å². The molecular formula is C22H27ClN2O3. The zero-order valence-electron chi connectivity index (χ0n) is 16.6. The molecule has 150 valence electrons.